The average molecular weight is 227 g/mol. The molecular formula is C11H15ClN2O. The molecule has 3 nitrogen and oxygen atoms in total. The van der Waals surface area contributed by atoms with Crippen LogP contribution in [0.25, 0.3) is 0 Å². The van der Waals surface area contributed by atoms with Gasteiger partial charge in [0.25, 0.3) is 0 Å². The zero-order valence-electron chi connectivity index (χ0n) is 8.88. The standard InChI is InChI=1S/C11H15ClN2O/c1-3-9(13)11(15)14-10-5-4-7(2)6-8(10)12/h4-6,9H,3,13H2,1-2H3,(H,14,15). The fourth-order valence-corrected chi connectivity index (χ4v) is 1.41. The molecule has 0 heterocycles. The van der Waals surface area contributed by atoms with E-state index in [1.54, 1.807) is 12.1 Å². The molecule has 15 heavy (non-hydrogen) atoms. The molecule has 1 unspecified atom stereocenters. The molecule has 1 amide bonds. The van der Waals surface area contributed by atoms with Gasteiger partial charge in [-0.15, -0.1) is 0 Å². The van der Waals surface area contributed by atoms with Crippen molar-refractivity contribution in [3.05, 3.63) is 28.8 Å². The summed E-state index contributed by atoms with van der Waals surface area (Å²) in [5.74, 6) is -0.205. The van der Waals surface area contributed by atoms with Gasteiger partial charge in [0.1, 0.15) is 0 Å². The van der Waals surface area contributed by atoms with Gasteiger partial charge >= 0.3 is 0 Å². The lowest BCUT2D eigenvalue weighted by Crippen LogP contribution is -2.34. The SMILES string of the molecule is CCC(N)C(=O)Nc1ccc(C)cc1Cl. The van der Waals surface area contributed by atoms with E-state index in [1.807, 2.05) is 19.9 Å². The van der Waals surface area contributed by atoms with Crippen molar-refractivity contribution >= 4 is 23.2 Å². The molecule has 0 aliphatic heterocycles. The van der Waals surface area contributed by atoms with Crippen LogP contribution in [0.3, 0.4) is 0 Å². The molecule has 1 rings (SSSR count). The predicted octanol–water partition coefficient (Wildman–Crippen LogP) is 2.32. The Morgan fingerprint density at radius 1 is 1.60 bits per heavy atom. The maximum atomic E-state index is 11.5. The second-order valence-electron chi connectivity index (χ2n) is 3.49. The minimum Gasteiger partial charge on any atom is -0.323 e. The van der Waals surface area contributed by atoms with E-state index in [2.05, 4.69) is 5.32 Å². The van der Waals surface area contributed by atoms with Crippen molar-refractivity contribution in [1.82, 2.24) is 0 Å². The van der Waals surface area contributed by atoms with Crippen LogP contribution in [0.4, 0.5) is 5.69 Å². The molecule has 0 saturated heterocycles. The summed E-state index contributed by atoms with van der Waals surface area (Å²) in [5.41, 5.74) is 7.25. The van der Waals surface area contributed by atoms with Crippen molar-refractivity contribution in [2.75, 3.05) is 5.32 Å². The first kappa shape index (κ1) is 12.0. The number of carbonyl (C=O) groups excluding carboxylic acids is 1. The Balaban J connectivity index is 2.77. The van der Waals surface area contributed by atoms with E-state index in [1.165, 1.54) is 0 Å². The highest BCUT2D eigenvalue weighted by atomic mass is 35.5. The highest BCUT2D eigenvalue weighted by Gasteiger charge is 2.12. The van der Waals surface area contributed by atoms with Crippen LogP contribution >= 0.6 is 11.6 Å². The second-order valence-corrected chi connectivity index (χ2v) is 3.89. The zero-order chi connectivity index (χ0) is 11.4. The van der Waals surface area contributed by atoms with Crippen LogP contribution in [0, 0.1) is 6.92 Å². The Kier molecular flexibility index (Phi) is 4.12. The molecule has 0 bridgehead atoms. The van der Waals surface area contributed by atoms with Crippen molar-refractivity contribution < 1.29 is 4.79 Å². The first-order chi connectivity index (χ1) is 7.04. The molecule has 4 heteroatoms. The lowest BCUT2D eigenvalue weighted by molar-refractivity contribution is -0.117. The molecule has 0 fully saturated rings. The Morgan fingerprint density at radius 3 is 2.80 bits per heavy atom. The highest BCUT2D eigenvalue weighted by molar-refractivity contribution is 6.33. The number of carbonyl (C=O) groups is 1. The second kappa shape index (κ2) is 5.14. The summed E-state index contributed by atoms with van der Waals surface area (Å²) in [6.45, 7) is 3.80. The van der Waals surface area contributed by atoms with Gasteiger partial charge in [0.05, 0.1) is 16.8 Å². The minimum atomic E-state index is -0.484. The van der Waals surface area contributed by atoms with Crippen LogP contribution in [0.1, 0.15) is 18.9 Å². The highest BCUT2D eigenvalue weighted by Crippen LogP contribution is 2.22. The van der Waals surface area contributed by atoms with Crippen LogP contribution in [0.15, 0.2) is 18.2 Å². The van der Waals surface area contributed by atoms with Crippen LogP contribution in [-0.4, -0.2) is 11.9 Å². The van der Waals surface area contributed by atoms with Gasteiger partial charge in [-0.05, 0) is 31.0 Å². The number of halogens is 1. The lowest BCUT2D eigenvalue weighted by atomic mass is 10.2. The van der Waals surface area contributed by atoms with Crippen LogP contribution in [0.2, 0.25) is 5.02 Å². The largest absolute Gasteiger partial charge is 0.323 e. The van der Waals surface area contributed by atoms with Gasteiger partial charge in [0.2, 0.25) is 5.91 Å². The van der Waals surface area contributed by atoms with Gasteiger partial charge in [-0.3, -0.25) is 4.79 Å². The van der Waals surface area contributed by atoms with Gasteiger partial charge in [-0.2, -0.15) is 0 Å². The molecule has 0 spiro atoms. The third-order valence-corrected chi connectivity index (χ3v) is 2.47. The van der Waals surface area contributed by atoms with Gasteiger partial charge in [0, 0.05) is 0 Å². The molecule has 3 N–H and O–H groups in total. The Bertz CT molecular complexity index is 366. The number of nitrogens with two attached hydrogens (primary N) is 1. The number of aryl methyl sites for hydroxylation is 1. The van der Waals surface area contributed by atoms with E-state index in [9.17, 15) is 4.79 Å². The van der Waals surface area contributed by atoms with Crippen molar-refractivity contribution in [3.63, 3.8) is 0 Å². The van der Waals surface area contributed by atoms with Gasteiger partial charge in [0.15, 0.2) is 0 Å². The number of amides is 1. The summed E-state index contributed by atoms with van der Waals surface area (Å²) < 4.78 is 0. The Labute approximate surface area is 94.6 Å². The minimum absolute atomic E-state index is 0.205. The normalized spacial score (nSPS) is 12.3. The summed E-state index contributed by atoms with van der Waals surface area (Å²) in [4.78, 5) is 11.5. The topological polar surface area (TPSA) is 55.1 Å². The number of hydrogen-bond donors (Lipinski definition) is 2. The number of anilines is 1. The van der Waals surface area contributed by atoms with E-state index >= 15 is 0 Å². The Morgan fingerprint density at radius 2 is 2.27 bits per heavy atom. The van der Waals surface area contributed by atoms with Crippen LogP contribution in [-0.2, 0) is 4.79 Å². The van der Waals surface area contributed by atoms with Crippen molar-refractivity contribution in [3.8, 4) is 0 Å². The maximum Gasteiger partial charge on any atom is 0.241 e. The van der Waals surface area contributed by atoms with E-state index in [-0.39, 0.29) is 5.91 Å². The van der Waals surface area contributed by atoms with Crippen molar-refractivity contribution in [2.24, 2.45) is 5.73 Å². The van der Waals surface area contributed by atoms with Gasteiger partial charge < -0.3 is 11.1 Å². The summed E-state index contributed by atoms with van der Waals surface area (Å²) in [5, 5.41) is 3.23. The molecular weight excluding hydrogens is 212 g/mol. The summed E-state index contributed by atoms with van der Waals surface area (Å²) in [7, 11) is 0. The lowest BCUT2D eigenvalue weighted by Gasteiger charge is -2.11. The van der Waals surface area contributed by atoms with E-state index in [0.717, 1.165) is 5.56 Å². The quantitative estimate of drug-likeness (QED) is 0.831. The maximum absolute atomic E-state index is 11.5. The molecule has 0 aromatic heterocycles. The van der Waals surface area contributed by atoms with E-state index in [4.69, 9.17) is 17.3 Å². The summed E-state index contributed by atoms with van der Waals surface area (Å²) in [6, 6.07) is 4.98. The number of nitrogens with one attached hydrogen (secondary N) is 1. The molecule has 82 valence electrons. The number of rotatable bonds is 3. The predicted molar refractivity (Wildman–Crippen MR) is 63.1 cm³/mol. The molecule has 0 radical (unpaired) electrons. The fraction of sp³-hybridized carbons (Fsp3) is 0.364. The molecule has 1 atom stereocenters. The van der Waals surface area contributed by atoms with Gasteiger partial charge in [-0.1, -0.05) is 24.6 Å². The van der Waals surface area contributed by atoms with Crippen molar-refractivity contribution in [2.45, 2.75) is 26.3 Å². The molecule has 0 aliphatic carbocycles. The number of benzene rings is 1. The summed E-state index contributed by atoms with van der Waals surface area (Å²) >= 11 is 5.97. The van der Waals surface area contributed by atoms with E-state index < -0.39 is 6.04 Å². The molecule has 1 aromatic rings. The molecule has 0 aliphatic rings. The molecule has 0 saturated carbocycles. The Hall–Kier alpha value is -1.06. The fourth-order valence-electron chi connectivity index (χ4n) is 1.13. The third-order valence-electron chi connectivity index (χ3n) is 2.16. The van der Waals surface area contributed by atoms with Gasteiger partial charge in [-0.25, -0.2) is 0 Å². The van der Waals surface area contributed by atoms with Crippen molar-refractivity contribution in [1.29, 1.82) is 0 Å². The van der Waals surface area contributed by atoms with Crippen LogP contribution < -0.4 is 11.1 Å². The average Bonchev–Trinajstić information content (AvgIpc) is 2.20. The molecule has 1 aromatic carbocycles. The van der Waals surface area contributed by atoms with E-state index in [0.29, 0.717) is 17.1 Å². The summed E-state index contributed by atoms with van der Waals surface area (Å²) in [6.07, 6.45) is 0.606. The monoisotopic (exact) mass is 226 g/mol. The third kappa shape index (κ3) is 3.22. The first-order valence-corrected chi connectivity index (χ1v) is 5.25. The number of hydrogen-bond acceptors (Lipinski definition) is 2. The zero-order valence-corrected chi connectivity index (χ0v) is 9.64. The first-order valence-electron chi connectivity index (χ1n) is 4.87. The van der Waals surface area contributed by atoms with Crippen LogP contribution in [0.5, 0.6) is 0 Å². The smallest absolute Gasteiger partial charge is 0.241 e.